The lowest BCUT2D eigenvalue weighted by Crippen LogP contribution is -2.14. The number of hydrogen-bond acceptors (Lipinski definition) is 4. The Labute approximate surface area is 194 Å². The highest BCUT2D eigenvalue weighted by atomic mass is 35.5. The Kier molecular flexibility index (Phi) is 5.32. The summed E-state index contributed by atoms with van der Waals surface area (Å²) in [5.41, 5.74) is 1.64. The van der Waals surface area contributed by atoms with Gasteiger partial charge in [-0.25, -0.2) is 0 Å². The second-order valence-corrected chi connectivity index (χ2v) is 7.87. The third kappa shape index (κ3) is 3.73. The maximum atomic E-state index is 13.4. The maximum absolute atomic E-state index is 13.4. The van der Waals surface area contributed by atoms with Gasteiger partial charge in [-0.15, -0.1) is 0 Å². The minimum Gasteiger partial charge on any atom is -0.495 e. The fourth-order valence-corrected chi connectivity index (χ4v) is 4.13. The van der Waals surface area contributed by atoms with Crippen molar-refractivity contribution in [1.29, 1.82) is 0 Å². The summed E-state index contributed by atoms with van der Waals surface area (Å²) in [5, 5.41) is 5.63. The molecule has 0 spiro atoms. The first-order valence-corrected chi connectivity index (χ1v) is 10.6. The summed E-state index contributed by atoms with van der Waals surface area (Å²) in [6, 6.07) is 25.1. The van der Waals surface area contributed by atoms with Crippen molar-refractivity contribution in [2.24, 2.45) is 0 Å². The number of benzene rings is 4. The number of anilines is 1. The van der Waals surface area contributed by atoms with Crippen LogP contribution in [0.2, 0.25) is 5.02 Å². The van der Waals surface area contributed by atoms with Crippen molar-refractivity contribution in [3.05, 3.63) is 107 Å². The summed E-state index contributed by atoms with van der Waals surface area (Å²) < 4.78 is 11.1. The monoisotopic (exact) mass is 455 g/mol. The first-order valence-electron chi connectivity index (χ1n) is 10.3. The van der Waals surface area contributed by atoms with Gasteiger partial charge in [0.1, 0.15) is 11.3 Å². The van der Waals surface area contributed by atoms with Gasteiger partial charge in [-0.1, -0.05) is 60.1 Å². The molecule has 33 heavy (non-hydrogen) atoms. The summed E-state index contributed by atoms with van der Waals surface area (Å²) in [6.07, 6.45) is 0. The van der Waals surface area contributed by atoms with Crippen molar-refractivity contribution in [2.75, 3.05) is 12.4 Å². The number of para-hydroxylation sites is 1. The van der Waals surface area contributed by atoms with E-state index in [4.69, 9.17) is 20.8 Å². The molecule has 0 aliphatic carbocycles. The first-order chi connectivity index (χ1) is 16.1. The molecule has 5 nitrogen and oxygen atoms in total. The minimum atomic E-state index is -0.399. The Balaban J connectivity index is 1.59. The highest BCUT2D eigenvalue weighted by Crippen LogP contribution is 2.34. The number of rotatable bonds is 5. The van der Waals surface area contributed by atoms with E-state index in [9.17, 15) is 9.59 Å². The lowest BCUT2D eigenvalue weighted by Gasteiger charge is -2.09. The molecule has 0 saturated carbocycles. The summed E-state index contributed by atoms with van der Waals surface area (Å²) in [4.78, 5) is 26.7. The van der Waals surface area contributed by atoms with E-state index >= 15 is 0 Å². The third-order valence-corrected chi connectivity index (χ3v) is 5.78. The van der Waals surface area contributed by atoms with Crippen LogP contribution in [0.1, 0.15) is 26.5 Å². The summed E-state index contributed by atoms with van der Waals surface area (Å²) in [5.74, 6) is -0.238. The zero-order valence-corrected chi connectivity index (χ0v) is 18.3. The van der Waals surface area contributed by atoms with E-state index in [1.807, 2.05) is 42.5 Å². The molecular weight excluding hydrogens is 438 g/mol. The second kappa shape index (κ2) is 8.45. The molecule has 1 aromatic heterocycles. The number of hydrogen-bond donors (Lipinski definition) is 1. The van der Waals surface area contributed by atoms with Crippen molar-refractivity contribution in [1.82, 2.24) is 0 Å². The summed E-state index contributed by atoms with van der Waals surface area (Å²) in [6.45, 7) is 0. The minimum absolute atomic E-state index is 0.0334. The van der Waals surface area contributed by atoms with Gasteiger partial charge in [0.2, 0.25) is 5.78 Å². The van der Waals surface area contributed by atoms with Crippen molar-refractivity contribution in [3.63, 3.8) is 0 Å². The van der Waals surface area contributed by atoms with Crippen LogP contribution >= 0.6 is 11.6 Å². The number of nitrogens with one attached hydrogen (secondary N) is 1. The molecular formula is C27H18ClNO4. The lowest BCUT2D eigenvalue weighted by atomic mass is 10.0. The van der Waals surface area contributed by atoms with Gasteiger partial charge in [-0.05, 0) is 47.2 Å². The zero-order chi connectivity index (χ0) is 22.9. The quantitative estimate of drug-likeness (QED) is 0.298. The molecule has 0 unspecified atom stereocenters. The normalized spacial score (nSPS) is 11.0. The number of carbonyl (C=O) groups is 2. The van der Waals surface area contributed by atoms with Crippen LogP contribution in [0.3, 0.4) is 0 Å². The van der Waals surface area contributed by atoms with E-state index in [0.29, 0.717) is 38.6 Å². The van der Waals surface area contributed by atoms with Gasteiger partial charge >= 0.3 is 0 Å². The molecule has 0 saturated heterocycles. The summed E-state index contributed by atoms with van der Waals surface area (Å²) >= 11 is 6.22. The van der Waals surface area contributed by atoms with E-state index in [1.165, 1.54) is 13.2 Å². The van der Waals surface area contributed by atoms with E-state index in [-0.39, 0.29) is 11.7 Å². The highest BCUT2D eigenvalue weighted by Gasteiger charge is 2.25. The van der Waals surface area contributed by atoms with E-state index in [2.05, 4.69) is 5.32 Å². The number of fused-ring (bicyclic) bond motifs is 2. The molecule has 0 radical (unpaired) electrons. The number of ketones is 1. The van der Waals surface area contributed by atoms with Crippen LogP contribution in [0.4, 0.5) is 5.69 Å². The molecule has 1 amide bonds. The smallest absolute Gasteiger partial charge is 0.256 e. The fraction of sp³-hybridized carbons (Fsp3) is 0.0370. The molecule has 5 aromatic rings. The number of halogens is 1. The highest BCUT2D eigenvalue weighted by molar-refractivity contribution is 6.32. The molecule has 1 heterocycles. The molecule has 0 bridgehead atoms. The average Bonchev–Trinajstić information content (AvgIpc) is 3.21. The molecule has 0 aliphatic heterocycles. The third-order valence-electron chi connectivity index (χ3n) is 5.49. The first kappa shape index (κ1) is 20.8. The van der Waals surface area contributed by atoms with E-state index in [1.54, 1.807) is 36.4 Å². The Bertz CT molecular complexity index is 1530. The number of methoxy groups -OCH3 is 1. The van der Waals surface area contributed by atoms with Gasteiger partial charge in [0.15, 0.2) is 5.76 Å². The van der Waals surface area contributed by atoms with Crippen LogP contribution < -0.4 is 10.1 Å². The van der Waals surface area contributed by atoms with Crippen LogP contribution in [0.25, 0.3) is 21.7 Å². The van der Waals surface area contributed by atoms with Crippen molar-refractivity contribution in [2.45, 2.75) is 0 Å². The van der Waals surface area contributed by atoms with Gasteiger partial charge in [0, 0.05) is 16.5 Å². The van der Waals surface area contributed by atoms with E-state index in [0.717, 1.165) is 10.8 Å². The fourth-order valence-electron chi connectivity index (χ4n) is 3.87. The molecule has 0 atom stereocenters. The topological polar surface area (TPSA) is 68.5 Å². The van der Waals surface area contributed by atoms with Crippen LogP contribution in [-0.4, -0.2) is 18.8 Å². The predicted octanol–water partition coefficient (Wildman–Crippen LogP) is 6.73. The molecule has 162 valence electrons. The van der Waals surface area contributed by atoms with Gasteiger partial charge in [-0.2, -0.15) is 0 Å². The Morgan fingerprint density at radius 3 is 2.39 bits per heavy atom. The van der Waals surface area contributed by atoms with Gasteiger partial charge in [-0.3, -0.25) is 9.59 Å². The molecule has 1 N–H and O–H groups in total. The Morgan fingerprint density at radius 1 is 0.879 bits per heavy atom. The van der Waals surface area contributed by atoms with Crippen LogP contribution in [0.15, 0.2) is 89.3 Å². The van der Waals surface area contributed by atoms with Gasteiger partial charge < -0.3 is 14.5 Å². The molecule has 0 fully saturated rings. The number of carbonyl (C=O) groups excluding carboxylic acids is 2. The maximum Gasteiger partial charge on any atom is 0.256 e. The average molecular weight is 456 g/mol. The Hall–Kier alpha value is -4.09. The Morgan fingerprint density at radius 2 is 1.61 bits per heavy atom. The zero-order valence-electron chi connectivity index (χ0n) is 17.6. The van der Waals surface area contributed by atoms with Crippen LogP contribution in [-0.2, 0) is 0 Å². The number of ether oxygens (including phenoxy) is 1. The molecule has 4 aromatic carbocycles. The lowest BCUT2D eigenvalue weighted by molar-refractivity contribution is 0.101. The van der Waals surface area contributed by atoms with Crippen molar-refractivity contribution < 1.29 is 18.7 Å². The number of furan rings is 1. The SMILES string of the molecule is COc1ccc(C(=O)c2oc3ccccc3c2NC(=O)c2cccc3ccccc23)cc1Cl. The second-order valence-electron chi connectivity index (χ2n) is 7.46. The van der Waals surface area contributed by atoms with Crippen molar-refractivity contribution >= 4 is 50.7 Å². The van der Waals surface area contributed by atoms with Gasteiger partial charge in [0.05, 0.1) is 17.8 Å². The standard InChI is InChI=1S/C27H18ClNO4/c1-32-23-14-13-17(15-21(23)28)25(30)26-24(20-10-4-5-12-22(20)33-26)29-27(31)19-11-6-8-16-7-2-3-9-18(16)19/h2-15H,1H3,(H,29,31). The van der Waals surface area contributed by atoms with Crippen LogP contribution in [0.5, 0.6) is 5.75 Å². The van der Waals surface area contributed by atoms with Gasteiger partial charge in [0.25, 0.3) is 5.91 Å². The van der Waals surface area contributed by atoms with Crippen molar-refractivity contribution in [3.8, 4) is 5.75 Å². The molecule has 5 rings (SSSR count). The summed E-state index contributed by atoms with van der Waals surface area (Å²) in [7, 11) is 1.50. The molecule has 0 aliphatic rings. The predicted molar refractivity (Wildman–Crippen MR) is 130 cm³/mol. The number of amides is 1. The van der Waals surface area contributed by atoms with Crippen LogP contribution in [0, 0.1) is 0 Å². The molecule has 6 heteroatoms. The largest absolute Gasteiger partial charge is 0.495 e. The van der Waals surface area contributed by atoms with E-state index < -0.39 is 5.78 Å².